The van der Waals surface area contributed by atoms with Crippen LogP contribution in [0.5, 0.6) is 0 Å². The van der Waals surface area contributed by atoms with Gasteiger partial charge in [-0.05, 0) is 79.7 Å². The number of halogens is 3. The van der Waals surface area contributed by atoms with Crippen LogP contribution in [0.2, 0.25) is 5.02 Å². The summed E-state index contributed by atoms with van der Waals surface area (Å²) < 4.78 is 25.7. The summed E-state index contributed by atoms with van der Waals surface area (Å²) in [5.74, 6) is 0.564. The lowest BCUT2D eigenvalue weighted by molar-refractivity contribution is -0.124. The van der Waals surface area contributed by atoms with Crippen LogP contribution < -0.4 is 5.32 Å². The smallest absolute Gasteiger partial charge is 0.232 e. The summed E-state index contributed by atoms with van der Waals surface area (Å²) in [5.41, 5.74) is 3.18. The molecular weight excluding hydrogens is 600 g/mol. The summed E-state index contributed by atoms with van der Waals surface area (Å²) in [5, 5.41) is 5.72. The number of aromatic nitrogens is 1. The van der Waals surface area contributed by atoms with Gasteiger partial charge in [0.25, 0.3) is 0 Å². The van der Waals surface area contributed by atoms with E-state index in [9.17, 15) is 13.6 Å². The molecule has 3 aliphatic rings. The van der Waals surface area contributed by atoms with Gasteiger partial charge in [0.05, 0.1) is 23.7 Å². The molecule has 2 atom stereocenters. The van der Waals surface area contributed by atoms with Gasteiger partial charge in [0.1, 0.15) is 11.7 Å². The first-order valence-electron chi connectivity index (χ1n) is 14.4. The second-order valence-corrected chi connectivity index (χ2v) is 12.3. The number of aliphatic imine (C=N–C) groups is 1. The Kier molecular flexibility index (Phi) is 11.2. The second-order valence-electron chi connectivity index (χ2n) is 10.9. The summed E-state index contributed by atoms with van der Waals surface area (Å²) in [6.07, 6.45) is 8.43. The Balaban J connectivity index is 0.000000479. The van der Waals surface area contributed by atoms with E-state index >= 15 is 0 Å². The van der Waals surface area contributed by atoms with Gasteiger partial charge in [0, 0.05) is 48.0 Å². The molecule has 44 heavy (non-hydrogen) atoms. The third-order valence-corrected chi connectivity index (χ3v) is 8.79. The van der Waals surface area contributed by atoms with Gasteiger partial charge in [0.15, 0.2) is 6.30 Å². The summed E-state index contributed by atoms with van der Waals surface area (Å²) >= 11 is 6.94. The number of carbonyl (C=O) groups excluding carboxylic acids is 1. The molecule has 1 aromatic carbocycles. The van der Waals surface area contributed by atoms with Gasteiger partial charge >= 0.3 is 0 Å². The van der Waals surface area contributed by atoms with Crippen LogP contribution in [0.15, 0.2) is 112 Å². The molecule has 2 aliphatic heterocycles. The van der Waals surface area contributed by atoms with Crippen LogP contribution in [-0.4, -0.2) is 59.0 Å². The van der Waals surface area contributed by atoms with Crippen molar-refractivity contribution >= 4 is 35.1 Å². The maximum absolute atomic E-state index is 13.6. The number of hydrogen-bond donors (Lipinski definition) is 1. The Morgan fingerprint density at radius 3 is 2.64 bits per heavy atom. The van der Waals surface area contributed by atoms with Crippen molar-refractivity contribution < 1.29 is 13.6 Å². The first kappa shape index (κ1) is 33.2. The van der Waals surface area contributed by atoms with Crippen molar-refractivity contribution in [1.29, 1.82) is 0 Å². The van der Waals surface area contributed by atoms with E-state index in [2.05, 4.69) is 28.4 Å². The number of rotatable bonds is 10. The van der Waals surface area contributed by atoms with E-state index in [1.54, 1.807) is 31.6 Å². The third kappa shape index (κ3) is 8.07. The topological polar surface area (TPSA) is 60.8 Å². The zero-order chi connectivity index (χ0) is 31.9. The number of amidine groups is 1. The molecule has 0 radical (unpaired) electrons. The SMILES string of the molecule is C=C(/C=C\N(C)C(C)F)C1=C2CC(NC(=O)C3(c4ccccn4)CC3)CN2C(C(=C)S/C=C\C)=NC1.Fc1cccc(Cl)c1. The van der Waals surface area contributed by atoms with Crippen molar-refractivity contribution in [3.8, 4) is 0 Å². The lowest BCUT2D eigenvalue weighted by Crippen LogP contribution is -2.43. The number of alkyl halides is 1. The van der Waals surface area contributed by atoms with Crippen LogP contribution in [0.25, 0.3) is 0 Å². The van der Waals surface area contributed by atoms with E-state index in [4.69, 9.17) is 16.6 Å². The van der Waals surface area contributed by atoms with Crippen molar-refractivity contribution in [2.24, 2.45) is 4.99 Å². The lowest BCUT2D eigenvalue weighted by Gasteiger charge is -2.29. The Hall–Kier alpha value is -3.69. The number of hydrogen-bond acceptors (Lipinski definition) is 6. The zero-order valence-electron chi connectivity index (χ0n) is 25.3. The molecule has 6 nitrogen and oxygen atoms in total. The van der Waals surface area contributed by atoms with Gasteiger partial charge in [-0.2, -0.15) is 0 Å². The van der Waals surface area contributed by atoms with Crippen LogP contribution in [0.3, 0.4) is 0 Å². The van der Waals surface area contributed by atoms with Gasteiger partial charge in [0.2, 0.25) is 5.91 Å². The minimum absolute atomic E-state index is 0.0334. The predicted octanol–water partition coefficient (Wildman–Crippen LogP) is 7.55. The molecule has 2 unspecified atom stereocenters. The lowest BCUT2D eigenvalue weighted by atomic mass is 9.99. The van der Waals surface area contributed by atoms with Crippen molar-refractivity contribution in [3.63, 3.8) is 0 Å². The molecule has 1 aliphatic carbocycles. The quantitative estimate of drug-likeness (QED) is 0.215. The summed E-state index contributed by atoms with van der Waals surface area (Å²) in [7, 11) is 1.69. The average molecular weight is 638 g/mol. The van der Waals surface area contributed by atoms with Crippen LogP contribution in [-0.2, 0) is 10.2 Å². The molecule has 1 saturated heterocycles. The van der Waals surface area contributed by atoms with E-state index in [-0.39, 0.29) is 17.8 Å². The highest BCUT2D eigenvalue weighted by Gasteiger charge is 2.53. The first-order chi connectivity index (χ1) is 21.1. The molecule has 10 heteroatoms. The van der Waals surface area contributed by atoms with Crippen molar-refractivity contribution in [2.75, 3.05) is 20.1 Å². The van der Waals surface area contributed by atoms with Crippen molar-refractivity contribution in [2.45, 2.75) is 50.9 Å². The fourth-order valence-corrected chi connectivity index (χ4v) is 5.73. The number of pyridine rings is 1. The molecule has 0 bridgehead atoms. The van der Waals surface area contributed by atoms with Crippen LogP contribution >= 0.6 is 23.4 Å². The second kappa shape index (κ2) is 14.9. The molecule has 232 valence electrons. The van der Waals surface area contributed by atoms with Gasteiger partial charge in [-0.3, -0.25) is 14.8 Å². The maximum Gasteiger partial charge on any atom is 0.232 e. The molecule has 1 N–H and O–H groups in total. The highest BCUT2D eigenvalue weighted by atomic mass is 35.5. The largest absolute Gasteiger partial charge is 0.352 e. The third-order valence-electron chi connectivity index (χ3n) is 7.68. The van der Waals surface area contributed by atoms with Gasteiger partial charge in [-0.25, -0.2) is 8.78 Å². The highest BCUT2D eigenvalue weighted by Crippen LogP contribution is 2.48. The minimum atomic E-state index is -1.09. The summed E-state index contributed by atoms with van der Waals surface area (Å²) in [6.45, 7) is 13.0. The van der Waals surface area contributed by atoms with E-state index in [0.29, 0.717) is 24.5 Å². The number of thioether (sulfide) groups is 1. The minimum Gasteiger partial charge on any atom is -0.352 e. The Labute approximate surface area is 268 Å². The summed E-state index contributed by atoms with van der Waals surface area (Å²) in [4.78, 5) is 27.2. The molecule has 1 aromatic heterocycles. The van der Waals surface area contributed by atoms with E-state index in [0.717, 1.165) is 46.1 Å². The number of carbonyl (C=O) groups is 1. The standard InChI is InChI=1S/C28H34FN5OS.C6H4ClF/c1-6-15-36-20(3)26-31-17-23(19(2)10-14-33(5)21(4)29)24-16-22(18-34(24)26)32-27(35)28(11-12-28)25-9-7-8-13-30-25;7-5-2-1-3-6(8)4-5/h6-10,13-15,21-22H,2-3,11-12,16-18H2,1,4-5H3,(H,32,35);1-4H/b14-10-,15-6-;. The Morgan fingerprint density at radius 2 is 2.05 bits per heavy atom. The van der Waals surface area contributed by atoms with Crippen molar-refractivity contribution in [1.82, 2.24) is 20.1 Å². The number of benzene rings is 1. The van der Waals surface area contributed by atoms with Gasteiger partial charge in [-0.1, -0.05) is 54.7 Å². The maximum atomic E-state index is 13.6. The normalized spacial score (nSPS) is 19.2. The first-order valence-corrected chi connectivity index (χ1v) is 15.7. The van der Waals surface area contributed by atoms with E-state index in [1.165, 1.54) is 35.7 Å². The number of nitrogens with zero attached hydrogens (tertiary/aromatic N) is 4. The van der Waals surface area contributed by atoms with E-state index < -0.39 is 11.7 Å². The molecule has 5 rings (SSSR count). The molecule has 2 fully saturated rings. The van der Waals surface area contributed by atoms with Crippen molar-refractivity contribution in [3.05, 3.63) is 124 Å². The highest BCUT2D eigenvalue weighted by molar-refractivity contribution is 8.06. The average Bonchev–Trinajstić information content (AvgIpc) is 3.72. The molecule has 1 saturated carbocycles. The van der Waals surface area contributed by atoms with Gasteiger partial charge in [-0.15, -0.1) is 0 Å². The molecular formula is C34H38ClF2N5OS. The Bertz CT molecular complexity index is 1480. The predicted molar refractivity (Wildman–Crippen MR) is 177 cm³/mol. The molecule has 3 heterocycles. The molecule has 1 amide bonds. The van der Waals surface area contributed by atoms with Crippen LogP contribution in [0.4, 0.5) is 8.78 Å². The molecule has 0 spiro atoms. The fourth-order valence-electron chi connectivity index (χ4n) is 4.98. The Morgan fingerprint density at radius 1 is 1.27 bits per heavy atom. The number of fused-ring (bicyclic) bond motifs is 1. The van der Waals surface area contributed by atoms with Gasteiger partial charge < -0.3 is 15.1 Å². The van der Waals surface area contributed by atoms with Crippen LogP contribution in [0.1, 0.15) is 38.8 Å². The number of nitrogens with one attached hydrogen (secondary N) is 1. The number of amides is 1. The number of allylic oxidation sites excluding steroid dienone is 2. The molecule has 2 aromatic rings. The van der Waals surface area contributed by atoms with Crippen LogP contribution in [0, 0.1) is 5.82 Å². The van der Waals surface area contributed by atoms with E-state index in [1.807, 2.05) is 42.7 Å². The monoisotopic (exact) mass is 637 g/mol. The summed E-state index contributed by atoms with van der Waals surface area (Å²) in [6, 6.07) is 11.5. The zero-order valence-corrected chi connectivity index (χ0v) is 26.8. The fraction of sp³-hybridized carbons (Fsp3) is 0.324.